The predicted molar refractivity (Wildman–Crippen MR) is 104 cm³/mol. The number of aromatic nitrogens is 3. The van der Waals surface area contributed by atoms with Crippen molar-refractivity contribution >= 4 is 26.7 Å². The minimum Gasteiger partial charge on any atom is -0.278 e. The molecule has 138 valence electrons. The number of sulfonamides is 1. The van der Waals surface area contributed by atoms with E-state index in [9.17, 15) is 8.42 Å². The van der Waals surface area contributed by atoms with Crippen molar-refractivity contribution in [3.8, 4) is 0 Å². The van der Waals surface area contributed by atoms with Crippen molar-refractivity contribution in [2.24, 2.45) is 5.92 Å². The second kappa shape index (κ2) is 7.07. The van der Waals surface area contributed by atoms with Crippen LogP contribution in [0.5, 0.6) is 0 Å². The van der Waals surface area contributed by atoms with Crippen molar-refractivity contribution in [1.82, 2.24) is 15.2 Å². The average Bonchev–Trinajstić information content (AvgIpc) is 3.07. The summed E-state index contributed by atoms with van der Waals surface area (Å²) in [5, 5.41) is 7.56. The van der Waals surface area contributed by atoms with Crippen molar-refractivity contribution in [2.75, 3.05) is 10.8 Å². The van der Waals surface area contributed by atoms with Gasteiger partial charge in [0.1, 0.15) is 5.82 Å². The number of anilines is 1. The fourth-order valence-electron chi connectivity index (χ4n) is 2.74. The lowest BCUT2D eigenvalue weighted by molar-refractivity contribution is 0.576. The molecule has 0 aliphatic heterocycles. The Bertz CT molecular complexity index is 992. The van der Waals surface area contributed by atoms with Crippen molar-refractivity contribution in [3.05, 3.63) is 48.3 Å². The highest BCUT2D eigenvalue weighted by Crippen LogP contribution is 2.26. The smallest absolute Gasteiger partial charge is 0.265 e. The van der Waals surface area contributed by atoms with Gasteiger partial charge in [0.25, 0.3) is 10.0 Å². The lowest BCUT2D eigenvalue weighted by Gasteiger charge is -2.25. The van der Waals surface area contributed by atoms with Gasteiger partial charge < -0.3 is 0 Å². The van der Waals surface area contributed by atoms with Crippen LogP contribution in [-0.2, 0) is 10.0 Å². The molecule has 3 aromatic rings. The topological polar surface area (TPSA) is 79.0 Å². The van der Waals surface area contributed by atoms with Crippen molar-refractivity contribution in [1.29, 1.82) is 0 Å². The Labute approximate surface area is 154 Å². The van der Waals surface area contributed by atoms with Gasteiger partial charge >= 0.3 is 0 Å². The highest BCUT2D eigenvalue weighted by atomic mass is 32.2. The van der Waals surface area contributed by atoms with E-state index in [1.165, 1.54) is 4.31 Å². The number of hydrogen-bond acceptors (Lipinski definition) is 4. The van der Waals surface area contributed by atoms with Gasteiger partial charge in [-0.3, -0.25) is 5.10 Å². The molecule has 1 aromatic carbocycles. The maximum Gasteiger partial charge on any atom is 0.265 e. The van der Waals surface area contributed by atoms with E-state index in [0.29, 0.717) is 18.3 Å². The highest BCUT2D eigenvalue weighted by molar-refractivity contribution is 7.92. The minimum absolute atomic E-state index is 0.161. The molecule has 0 fully saturated rings. The van der Waals surface area contributed by atoms with Gasteiger partial charge in [0.15, 0.2) is 0 Å². The zero-order chi connectivity index (χ0) is 18.9. The van der Waals surface area contributed by atoms with Crippen molar-refractivity contribution < 1.29 is 8.42 Å². The number of fused-ring (bicyclic) bond motifs is 1. The van der Waals surface area contributed by atoms with E-state index in [1.807, 2.05) is 19.9 Å². The number of aromatic amines is 1. The van der Waals surface area contributed by atoms with E-state index in [2.05, 4.69) is 29.0 Å². The van der Waals surface area contributed by atoms with Crippen LogP contribution >= 0.6 is 0 Å². The predicted octanol–water partition coefficient (Wildman–Crippen LogP) is 3.93. The Hall–Kier alpha value is -2.41. The Balaban J connectivity index is 2.05. The van der Waals surface area contributed by atoms with Gasteiger partial charge in [-0.1, -0.05) is 33.8 Å². The first-order valence-corrected chi connectivity index (χ1v) is 10.1. The summed E-state index contributed by atoms with van der Waals surface area (Å²) in [5.41, 5.74) is 1.88. The second-order valence-corrected chi connectivity index (χ2v) is 9.02. The van der Waals surface area contributed by atoms with Gasteiger partial charge in [0.2, 0.25) is 0 Å². The number of hydrogen-bond donors (Lipinski definition) is 1. The molecule has 3 rings (SSSR count). The lowest BCUT2D eigenvalue weighted by Crippen LogP contribution is -2.35. The van der Waals surface area contributed by atoms with Crippen LogP contribution in [0.3, 0.4) is 0 Å². The van der Waals surface area contributed by atoms with Gasteiger partial charge in [-0.2, -0.15) is 5.10 Å². The summed E-state index contributed by atoms with van der Waals surface area (Å²) >= 11 is 0. The number of nitrogens with one attached hydrogen (secondary N) is 1. The van der Waals surface area contributed by atoms with Gasteiger partial charge in [-0.05, 0) is 41.7 Å². The molecule has 0 saturated carbocycles. The molecule has 26 heavy (non-hydrogen) atoms. The quantitative estimate of drug-likeness (QED) is 0.711. The number of benzene rings is 1. The summed E-state index contributed by atoms with van der Waals surface area (Å²) < 4.78 is 28.0. The molecule has 0 spiro atoms. The van der Waals surface area contributed by atoms with E-state index in [1.54, 1.807) is 36.7 Å². The number of H-pyrrole nitrogens is 1. The highest BCUT2D eigenvalue weighted by Gasteiger charge is 2.27. The standard InChI is InChI=1S/C19H24N4O2S/c1-13(2)12-23(19-8-5-15(10-20-19)14(3)4)26(24,25)17-6-7-18-16(9-17)11-21-22-18/h5-11,13-14H,12H2,1-4H3,(H,21,22). The monoisotopic (exact) mass is 372 g/mol. The zero-order valence-electron chi connectivity index (χ0n) is 15.5. The third kappa shape index (κ3) is 3.58. The van der Waals surface area contributed by atoms with E-state index in [4.69, 9.17) is 0 Å². The molecule has 1 N–H and O–H groups in total. The second-order valence-electron chi connectivity index (χ2n) is 7.15. The first-order valence-electron chi connectivity index (χ1n) is 8.71. The molecule has 0 unspecified atom stereocenters. The molecule has 0 bridgehead atoms. The zero-order valence-corrected chi connectivity index (χ0v) is 16.3. The van der Waals surface area contributed by atoms with Crippen LogP contribution in [0.1, 0.15) is 39.2 Å². The molecule has 0 radical (unpaired) electrons. The third-order valence-corrected chi connectivity index (χ3v) is 5.99. The maximum atomic E-state index is 13.3. The van der Waals surface area contributed by atoms with Gasteiger partial charge in [0, 0.05) is 18.1 Å². The van der Waals surface area contributed by atoms with Crippen LogP contribution in [0.15, 0.2) is 47.6 Å². The lowest BCUT2D eigenvalue weighted by atomic mass is 10.1. The van der Waals surface area contributed by atoms with Crippen LogP contribution in [0.4, 0.5) is 5.82 Å². The summed E-state index contributed by atoms with van der Waals surface area (Å²) in [6.07, 6.45) is 3.37. The van der Waals surface area contributed by atoms with Crippen molar-refractivity contribution in [3.63, 3.8) is 0 Å². The van der Waals surface area contributed by atoms with E-state index in [-0.39, 0.29) is 10.8 Å². The largest absolute Gasteiger partial charge is 0.278 e. The van der Waals surface area contributed by atoms with Crippen molar-refractivity contribution in [2.45, 2.75) is 38.5 Å². The molecule has 0 aliphatic rings. The molecule has 0 aliphatic carbocycles. The fraction of sp³-hybridized carbons (Fsp3) is 0.368. The number of pyridine rings is 1. The molecule has 0 saturated heterocycles. The first-order chi connectivity index (χ1) is 12.3. The van der Waals surface area contributed by atoms with Crippen LogP contribution in [-0.4, -0.2) is 30.1 Å². The molecule has 0 amide bonds. The molecular weight excluding hydrogens is 348 g/mol. The van der Waals surface area contributed by atoms with Gasteiger partial charge in [0.05, 0.1) is 16.6 Å². The fourth-order valence-corrected chi connectivity index (χ4v) is 4.36. The summed E-state index contributed by atoms with van der Waals surface area (Å²) in [6.45, 7) is 8.51. The first kappa shape index (κ1) is 18.4. The van der Waals surface area contributed by atoms with Crippen LogP contribution in [0, 0.1) is 5.92 Å². The van der Waals surface area contributed by atoms with Crippen LogP contribution in [0.25, 0.3) is 10.9 Å². The molecule has 2 heterocycles. The minimum atomic E-state index is -3.72. The summed E-state index contributed by atoms with van der Waals surface area (Å²) in [7, 11) is -3.72. The van der Waals surface area contributed by atoms with Gasteiger partial charge in [-0.25, -0.2) is 17.7 Å². The number of nitrogens with zero attached hydrogens (tertiary/aromatic N) is 3. The molecular formula is C19H24N4O2S. The Morgan fingerprint density at radius 2 is 1.85 bits per heavy atom. The van der Waals surface area contributed by atoms with E-state index >= 15 is 0 Å². The Morgan fingerprint density at radius 3 is 2.46 bits per heavy atom. The van der Waals surface area contributed by atoms with Crippen LogP contribution < -0.4 is 4.31 Å². The summed E-state index contributed by atoms with van der Waals surface area (Å²) in [6, 6.07) is 8.70. The number of rotatable bonds is 6. The van der Waals surface area contributed by atoms with Gasteiger partial charge in [-0.15, -0.1) is 0 Å². The Morgan fingerprint density at radius 1 is 1.08 bits per heavy atom. The maximum absolute atomic E-state index is 13.3. The molecule has 0 atom stereocenters. The van der Waals surface area contributed by atoms with E-state index in [0.717, 1.165) is 16.5 Å². The summed E-state index contributed by atoms with van der Waals surface area (Å²) in [4.78, 5) is 4.66. The molecule has 6 nitrogen and oxygen atoms in total. The average molecular weight is 372 g/mol. The third-order valence-electron chi connectivity index (χ3n) is 4.22. The molecule has 2 aromatic heterocycles. The summed E-state index contributed by atoms with van der Waals surface area (Å²) in [5.74, 6) is 0.944. The normalized spacial score (nSPS) is 12.2. The SMILES string of the molecule is CC(C)CN(c1ccc(C(C)C)cn1)S(=O)(=O)c1ccc2[nH]ncc2c1. The van der Waals surface area contributed by atoms with Crippen LogP contribution in [0.2, 0.25) is 0 Å². The van der Waals surface area contributed by atoms with E-state index < -0.39 is 10.0 Å². The Kier molecular flexibility index (Phi) is 5.00. The molecule has 7 heteroatoms.